The van der Waals surface area contributed by atoms with E-state index in [0.717, 1.165) is 72.3 Å². The zero-order chi connectivity index (χ0) is 18.4. The molecular formula is C20H28ClN3O2S. The van der Waals surface area contributed by atoms with Crippen LogP contribution in [0.1, 0.15) is 47.7 Å². The van der Waals surface area contributed by atoms with E-state index in [2.05, 4.69) is 22.5 Å². The highest BCUT2D eigenvalue weighted by molar-refractivity contribution is 7.98. The number of pyridine rings is 1. The number of nitrogens with one attached hydrogen (secondary N) is 3. The van der Waals surface area contributed by atoms with Gasteiger partial charge in [0.1, 0.15) is 0 Å². The lowest BCUT2D eigenvalue weighted by Gasteiger charge is -2.17. The molecule has 2 heterocycles. The van der Waals surface area contributed by atoms with Gasteiger partial charge in [0.25, 0.3) is 11.5 Å². The molecule has 27 heavy (non-hydrogen) atoms. The molecular weight excluding hydrogens is 382 g/mol. The number of unbranched alkanes of at least 4 members (excludes halogenated alkanes) is 2. The van der Waals surface area contributed by atoms with Gasteiger partial charge in [-0.3, -0.25) is 9.59 Å². The molecule has 0 saturated heterocycles. The Bertz CT molecular complexity index is 838. The summed E-state index contributed by atoms with van der Waals surface area (Å²) in [5.74, 6) is 1.74. The molecule has 5 nitrogen and oxygen atoms in total. The molecule has 1 amide bonds. The number of aromatic nitrogens is 1. The predicted octanol–water partition coefficient (Wildman–Crippen LogP) is 3.25. The second-order valence-electron chi connectivity index (χ2n) is 6.64. The van der Waals surface area contributed by atoms with Crippen LogP contribution in [-0.2, 0) is 12.2 Å². The summed E-state index contributed by atoms with van der Waals surface area (Å²) >= 11 is 1.79. The number of benzene rings is 1. The van der Waals surface area contributed by atoms with E-state index in [1.165, 1.54) is 0 Å². The summed E-state index contributed by atoms with van der Waals surface area (Å²) in [6.07, 6.45) is 4.12. The largest absolute Gasteiger partial charge is 0.352 e. The van der Waals surface area contributed by atoms with Crippen LogP contribution in [0.5, 0.6) is 0 Å². The number of halogens is 1. The highest BCUT2D eigenvalue weighted by Gasteiger charge is 2.17. The van der Waals surface area contributed by atoms with E-state index in [0.29, 0.717) is 12.1 Å². The van der Waals surface area contributed by atoms with Gasteiger partial charge >= 0.3 is 0 Å². The van der Waals surface area contributed by atoms with Gasteiger partial charge in [-0.15, -0.1) is 12.4 Å². The summed E-state index contributed by atoms with van der Waals surface area (Å²) in [6, 6.07) is 5.58. The molecule has 0 bridgehead atoms. The number of hydrogen-bond donors (Lipinski definition) is 3. The molecule has 1 aromatic carbocycles. The van der Waals surface area contributed by atoms with Crippen LogP contribution in [0.4, 0.5) is 0 Å². The number of carbonyl (C=O) groups is 1. The van der Waals surface area contributed by atoms with Crippen LogP contribution in [0, 0.1) is 0 Å². The number of rotatable bonds is 8. The third-order valence-electron chi connectivity index (χ3n) is 4.80. The third-order valence-corrected chi connectivity index (χ3v) is 5.79. The maximum absolute atomic E-state index is 12.5. The first-order chi connectivity index (χ1) is 12.7. The summed E-state index contributed by atoms with van der Waals surface area (Å²) in [7, 11) is 0. The average molecular weight is 410 g/mol. The molecule has 2 aromatic rings. The quantitative estimate of drug-likeness (QED) is 0.585. The molecule has 0 unspecified atom stereocenters. The molecule has 3 rings (SSSR count). The van der Waals surface area contributed by atoms with Crippen molar-refractivity contribution < 1.29 is 4.79 Å². The number of hydrogen-bond acceptors (Lipinski definition) is 4. The number of H-pyrrole nitrogens is 1. The van der Waals surface area contributed by atoms with Gasteiger partial charge in [-0.1, -0.05) is 13.3 Å². The summed E-state index contributed by atoms with van der Waals surface area (Å²) in [4.78, 5) is 27.6. The smallest absolute Gasteiger partial charge is 0.252 e. The number of fused-ring (bicyclic) bond motifs is 3. The Labute approximate surface area is 170 Å². The van der Waals surface area contributed by atoms with Gasteiger partial charge in [0.15, 0.2) is 0 Å². The van der Waals surface area contributed by atoms with Gasteiger partial charge < -0.3 is 15.6 Å². The SMILES string of the molecule is CCNCCCCCNC(=O)c1ccc2[nH]c(=O)c3c(c2c1)CCSC3.Cl. The van der Waals surface area contributed by atoms with Crippen LogP contribution in [0.25, 0.3) is 10.9 Å². The summed E-state index contributed by atoms with van der Waals surface area (Å²) in [6.45, 7) is 4.85. The maximum atomic E-state index is 12.5. The fourth-order valence-electron chi connectivity index (χ4n) is 3.36. The molecule has 0 spiro atoms. The molecule has 0 saturated carbocycles. The molecule has 0 aliphatic carbocycles. The van der Waals surface area contributed by atoms with Gasteiger partial charge in [0, 0.05) is 34.3 Å². The topological polar surface area (TPSA) is 74.0 Å². The minimum atomic E-state index is -0.0382. The third kappa shape index (κ3) is 5.50. The highest BCUT2D eigenvalue weighted by Crippen LogP contribution is 2.28. The number of carbonyl (C=O) groups excluding carboxylic acids is 1. The fraction of sp³-hybridized carbons (Fsp3) is 0.500. The van der Waals surface area contributed by atoms with Crippen LogP contribution >= 0.6 is 24.2 Å². The second-order valence-corrected chi connectivity index (χ2v) is 7.75. The van der Waals surface area contributed by atoms with Crippen LogP contribution in [0.2, 0.25) is 0 Å². The monoisotopic (exact) mass is 409 g/mol. The number of thioether (sulfide) groups is 1. The molecule has 3 N–H and O–H groups in total. The van der Waals surface area contributed by atoms with E-state index < -0.39 is 0 Å². The number of amides is 1. The van der Waals surface area contributed by atoms with Crippen molar-refractivity contribution in [3.05, 3.63) is 45.2 Å². The molecule has 1 aliphatic rings. The Balaban J connectivity index is 0.00000261. The lowest BCUT2D eigenvalue weighted by Crippen LogP contribution is -2.25. The standard InChI is InChI=1S/C20H27N3O2S.ClH/c1-2-21-9-4-3-5-10-22-19(24)14-6-7-18-16(12-14)15-8-11-26-13-17(15)20(25)23-18;/h6-7,12,21H,2-5,8-11,13H2,1H3,(H,22,24)(H,23,25);1H. The van der Waals surface area contributed by atoms with E-state index in [9.17, 15) is 9.59 Å². The molecule has 0 fully saturated rings. The van der Waals surface area contributed by atoms with Crippen molar-refractivity contribution in [2.75, 3.05) is 25.4 Å². The molecule has 0 radical (unpaired) electrons. The van der Waals surface area contributed by atoms with Crippen molar-refractivity contribution in [2.24, 2.45) is 0 Å². The zero-order valence-electron chi connectivity index (χ0n) is 15.7. The fourth-order valence-corrected chi connectivity index (χ4v) is 4.36. The summed E-state index contributed by atoms with van der Waals surface area (Å²) < 4.78 is 0. The first-order valence-electron chi connectivity index (χ1n) is 9.45. The average Bonchev–Trinajstić information content (AvgIpc) is 2.67. The molecule has 148 valence electrons. The van der Waals surface area contributed by atoms with Crippen molar-refractivity contribution in [3.8, 4) is 0 Å². The number of aryl methyl sites for hydroxylation is 1. The van der Waals surface area contributed by atoms with Gasteiger partial charge in [-0.05, 0) is 61.9 Å². The minimum absolute atomic E-state index is 0. The maximum Gasteiger partial charge on any atom is 0.252 e. The van der Waals surface area contributed by atoms with E-state index >= 15 is 0 Å². The van der Waals surface area contributed by atoms with E-state index in [4.69, 9.17) is 0 Å². The molecule has 0 atom stereocenters. The summed E-state index contributed by atoms with van der Waals surface area (Å²) in [5.41, 5.74) is 3.47. The minimum Gasteiger partial charge on any atom is -0.352 e. The van der Waals surface area contributed by atoms with Crippen LogP contribution in [0.3, 0.4) is 0 Å². The normalized spacial score (nSPS) is 13.1. The van der Waals surface area contributed by atoms with Crippen LogP contribution in [-0.4, -0.2) is 36.3 Å². The lowest BCUT2D eigenvalue weighted by molar-refractivity contribution is 0.0953. The van der Waals surface area contributed by atoms with Crippen molar-refractivity contribution in [3.63, 3.8) is 0 Å². The van der Waals surface area contributed by atoms with Gasteiger partial charge in [0.2, 0.25) is 0 Å². The molecule has 1 aliphatic heterocycles. The zero-order valence-corrected chi connectivity index (χ0v) is 17.4. The van der Waals surface area contributed by atoms with Gasteiger partial charge in [-0.2, -0.15) is 11.8 Å². The first-order valence-corrected chi connectivity index (χ1v) is 10.6. The molecule has 7 heteroatoms. The predicted molar refractivity (Wildman–Crippen MR) is 116 cm³/mol. The van der Waals surface area contributed by atoms with E-state index in [1.54, 1.807) is 17.8 Å². The Morgan fingerprint density at radius 2 is 2.00 bits per heavy atom. The second kappa shape index (κ2) is 10.7. The first kappa shape index (κ1) is 21.8. The van der Waals surface area contributed by atoms with Gasteiger partial charge in [-0.25, -0.2) is 0 Å². The Kier molecular flexibility index (Phi) is 8.67. The van der Waals surface area contributed by atoms with Crippen molar-refractivity contribution in [1.29, 1.82) is 0 Å². The van der Waals surface area contributed by atoms with Crippen LogP contribution < -0.4 is 16.2 Å². The molecule has 1 aromatic heterocycles. The number of aromatic amines is 1. The van der Waals surface area contributed by atoms with Crippen LogP contribution in [0.15, 0.2) is 23.0 Å². The van der Waals surface area contributed by atoms with Crippen molar-refractivity contribution >= 4 is 41.0 Å². The van der Waals surface area contributed by atoms with E-state index in [1.807, 2.05) is 12.1 Å². The Morgan fingerprint density at radius 3 is 2.81 bits per heavy atom. The van der Waals surface area contributed by atoms with Crippen molar-refractivity contribution in [2.45, 2.75) is 38.4 Å². The van der Waals surface area contributed by atoms with Gasteiger partial charge in [0.05, 0.1) is 0 Å². The van der Waals surface area contributed by atoms with E-state index in [-0.39, 0.29) is 23.9 Å². The Morgan fingerprint density at radius 1 is 1.19 bits per heavy atom. The lowest BCUT2D eigenvalue weighted by atomic mass is 9.99. The van der Waals surface area contributed by atoms with Crippen molar-refractivity contribution in [1.82, 2.24) is 15.6 Å². The highest BCUT2D eigenvalue weighted by atomic mass is 35.5. The Hall–Kier alpha value is -1.50. The summed E-state index contributed by atoms with van der Waals surface area (Å²) in [5, 5.41) is 7.33.